The molecule has 1 saturated heterocycles. The number of alkyl halides is 3. The Kier molecular flexibility index (Phi) is 5.89. The number of hydrogen-bond acceptors (Lipinski definition) is 3. The zero-order valence-electron chi connectivity index (χ0n) is 12.6. The van der Waals surface area contributed by atoms with Crippen molar-refractivity contribution < 1.29 is 18.0 Å². The first-order chi connectivity index (χ1) is 10.8. The van der Waals surface area contributed by atoms with Gasteiger partial charge in [-0.3, -0.25) is 15.6 Å². The number of benzene rings is 1. The topological polar surface area (TPSA) is 53.2 Å². The Morgan fingerprint density at radius 3 is 2.78 bits per heavy atom. The van der Waals surface area contributed by atoms with Crippen molar-refractivity contribution in [3.05, 3.63) is 34.3 Å². The molecule has 2 rings (SSSR count). The molecule has 4 nitrogen and oxygen atoms in total. The summed E-state index contributed by atoms with van der Waals surface area (Å²) >= 11 is 5.60. The second-order valence-corrected chi connectivity index (χ2v) is 6.10. The number of amides is 1. The highest BCUT2D eigenvalue weighted by atomic mass is 35.5. The molecule has 0 radical (unpaired) electrons. The van der Waals surface area contributed by atoms with Crippen molar-refractivity contribution in [3.63, 3.8) is 0 Å². The van der Waals surface area contributed by atoms with Crippen molar-refractivity contribution >= 4 is 17.5 Å². The molecule has 128 valence electrons. The van der Waals surface area contributed by atoms with E-state index in [1.807, 2.05) is 0 Å². The van der Waals surface area contributed by atoms with Gasteiger partial charge in [0.05, 0.1) is 11.1 Å². The van der Waals surface area contributed by atoms with E-state index in [2.05, 4.69) is 23.1 Å². The lowest BCUT2D eigenvalue weighted by molar-refractivity contribution is -0.137. The Morgan fingerprint density at radius 1 is 1.43 bits per heavy atom. The van der Waals surface area contributed by atoms with E-state index in [9.17, 15) is 18.0 Å². The van der Waals surface area contributed by atoms with Crippen LogP contribution in [0, 0.1) is 5.92 Å². The maximum absolute atomic E-state index is 13.0. The first-order valence-corrected chi connectivity index (χ1v) is 7.80. The third-order valence-electron chi connectivity index (χ3n) is 3.97. The van der Waals surface area contributed by atoms with Crippen molar-refractivity contribution in [2.75, 3.05) is 13.1 Å². The maximum Gasteiger partial charge on any atom is 0.417 e. The van der Waals surface area contributed by atoms with Crippen LogP contribution in [0.5, 0.6) is 0 Å². The van der Waals surface area contributed by atoms with Gasteiger partial charge < -0.3 is 5.32 Å². The summed E-state index contributed by atoms with van der Waals surface area (Å²) in [7, 11) is 0. The Balaban J connectivity index is 1.91. The predicted molar refractivity (Wildman–Crippen MR) is 82.1 cm³/mol. The van der Waals surface area contributed by atoms with E-state index in [0.29, 0.717) is 24.9 Å². The Labute approximate surface area is 137 Å². The van der Waals surface area contributed by atoms with Crippen LogP contribution in [0.1, 0.15) is 35.7 Å². The lowest BCUT2D eigenvalue weighted by atomic mass is 9.98. The molecule has 1 aromatic carbocycles. The van der Waals surface area contributed by atoms with Crippen molar-refractivity contribution in [2.24, 2.45) is 5.92 Å². The monoisotopic (exact) mass is 349 g/mol. The van der Waals surface area contributed by atoms with Gasteiger partial charge in [-0.2, -0.15) is 13.2 Å². The molecule has 0 spiro atoms. The van der Waals surface area contributed by atoms with E-state index >= 15 is 0 Å². The van der Waals surface area contributed by atoms with Gasteiger partial charge in [0.2, 0.25) is 0 Å². The van der Waals surface area contributed by atoms with Gasteiger partial charge in [-0.1, -0.05) is 11.6 Å². The molecule has 0 aliphatic carbocycles. The molecule has 1 aromatic rings. The summed E-state index contributed by atoms with van der Waals surface area (Å²) in [6.45, 7) is 3.25. The number of hydrazine groups is 1. The second kappa shape index (κ2) is 7.51. The Hall–Kier alpha value is -1.31. The van der Waals surface area contributed by atoms with Gasteiger partial charge in [-0.15, -0.1) is 0 Å². The summed E-state index contributed by atoms with van der Waals surface area (Å²) in [4.78, 5) is 12.0. The molecule has 1 fully saturated rings. The third kappa shape index (κ3) is 4.83. The number of rotatable bonds is 5. The van der Waals surface area contributed by atoms with Crippen LogP contribution < -0.4 is 16.2 Å². The molecule has 1 amide bonds. The number of nitrogens with one attached hydrogen (secondary N) is 3. The van der Waals surface area contributed by atoms with E-state index in [-0.39, 0.29) is 5.02 Å². The standard InChI is InChI=1S/C15H19ClF3N3O/c1-9-10(8-21-22-9)3-2-6-20-14(23)12-5-4-11(16)7-13(12)15(17,18)19/h4-5,7,9-10,21-22H,2-3,6,8H2,1H3,(H,20,23). The summed E-state index contributed by atoms with van der Waals surface area (Å²) in [6, 6.07) is 3.50. The van der Waals surface area contributed by atoms with Crippen LogP contribution in [0.2, 0.25) is 5.02 Å². The molecular formula is C15H19ClF3N3O. The Morgan fingerprint density at radius 2 is 2.17 bits per heavy atom. The predicted octanol–water partition coefficient (Wildman–Crippen LogP) is 2.98. The van der Waals surface area contributed by atoms with E-state index in [1.165, 1.54) is 6.07 Å². The summed E-state index contributed by atoms with van der Waals surface area (Å²) in [5.41, 5.74) is 4.73. The van der Waals surface area contributed by atoms with Crippen LogP contribution in [-0.2, 0) is 6.18 Å². The summed E-state index contributed by atoms with van der Waals surface area (Å²) in [5, 5.41) is 2.50. The number of hydrogen-bond donors (Lipinski definition) is 3. The van der Waals surface area contributed by atoms with E-state index < -0.39 is 23.2 Å². The lowest BCUT2D eigenvalue weighted by Crippen LogP contribution is -2.29. The Bertz CT molecular complexity index is 565. The number of carbonyl (C=O) groups excluding carboxylic acids is 1. The second-order valence-electron chi connectivity index (χ2n) is 5.66. The minimum atomic E-state index is -4.62. The fourth-order valence-corrected chi connectivity index (χ4v) is 2.78. The van der Waals surface area contributed by atoms with Gasteiger partial charge in [0.25, 0.3) is 5.91 Å². The molecule has 0 bridgehead atoms. The van der Waals surface area contributed by atoms with Crippen LogP contribution in [0.25, 0.3) is 0 Å². The molecule has 2 atom stereocenters. The summed E-state index contributed by atoms with van der Waals surface area (Å²) in [6.07, 6.45) is -3.03. The molecule has 1 heterocycles. The van der Waals surface area contributed by atoms with Gasteiger partial charge in [0.15, 0.2) is 0 Å². The van der Waals surface area contributed by atoms with Gasteiger partial charge in [-0.25, -0.2) is 0 Å². The normalized spacial score (nSPS) is 21.4. The van der Waals surface area contributed by atoms with E-state index in [0.717, 1.165) is 25.1 Å². The van der Waals surface area contributed by atoms with Crippen LogP contribution >= 0.6 is 11.6 Å². The SMILES string of the molecule is CC1NNCC1CCCNC(=O)c1ccc(Cl)cc1C(F)(F)F. The minimum absolute atomic E-state index is 0.0518. The molecule has 0 saturated carbocycles. The fourth-order valence-electron chi connectivity index (χ4n) is 2.61. The largest absolute Gasteiger partial charge is 0.417 e. The molecule has 0 aromatic heterocycles. The summed E-state index contributed by atoms with van der Waals surface area (Å²) in [5.74, 6) is -0.280. The van der Waals surface area contributed by atoms with Crippen LogP contribution in [0.3, 0.4) is 0 Å². The lowest BCUT2D eigenvalue weighted by Gasteiger charge is -2.15. The van der Waals surface area contributed by atoms with Crippen LogP contribution in [0.4, 0.5) is 13.2 Å². The first-order valence-electron chi connectivity index (χ1n) is 7.42. The molecule has 1 aliphatic rings. The van der Waals surface area contributed by atoms with Crippen molar-refractivity contribution in [3.8, 4) is 0 Å². The van der Waals surface area contributed by atoms with Crippen molar-refractivity contribution in [1.29, 1.82) is 0 Å². The van der Waals surface area contributed by atoms with Gasteiger partial charge in [0.1, 0.15) is 0 Å². The quantitative estimate of drug-likeness (QED) is 0.716. The van der Waals surface area contributed by atoms with Gasteiger partial charge >= 0.3 is 6.18 Å². The highest BCUT2D eigenvalue weighted by Gasteiger charge is 2.35. The maximum atomic E-state index is 13.0. The van der Waals surface area contributed by atoms with Gasteiger partial charge in [0, 0.05) is 24.2 Å². The molecule has 8 heteroatoms. The highest BCUT2D eigenvalue weighted by molar-refractivity contribution is 6.30. The van der Waals surface area contributed by atoms with Crippen molar-refractivity contribution in [1.82, 2.24) is 16.2 Å². The minimum Gasteiger partial charge on any atom is -0.352 e. The summed E-state index contributed by atoms with van der Waals surface area (Å²) < 4.78 is 38.9. The highest BCUT2D eigenvalue weighted by Crippen LogP contribution is 2.33. The smallest absolute Gasteiger partial charge is 0.352 e. The molecule has 23 heavy (non-hydrogen) atoms. The average molecular weight is 350 g/mol. The van der Waals surface area contributed by atoms with E-state index in [1.54, 1.807) is 0 Å². The van der Waals surface area contributed by atoms with E-state index in [4.69, 9.17) is 11.6 Å². The average Bonchev–Trinajstić information content (AvgIpc) is 2.88. The first kappa shape index (κ1) is 18.0. The molecule has 2 unspecified atom stereocenters. The van der Waals surface area contributed by atoms with Crippen LogP contribution in [0.15, 0.2) is 18.2 Å². The number of halogens is 4. The van der Waals surface area contributed by atoms with Gasteiger partial charge in [-0.05, 0) is 43.9 Å². The zero-order chi connectivity index (χ0) is 17.0. The fraction of sp³-hybridized carbons (Fsp3) is 0.533. The third-order valence-corrected chi connectivity index (χ3v) is 4.21. The molecule has 3 N–H and O–H groups in total. The molecular weight excluding hydrogens is 331 g/mol. The number of carbonyl (C=O) groups is 1. The van der Waals surface area contributed by atoms with Crippen molar-refractivity contribution in [2.45, 2.75) is 32.0 Å². The molecule has 1 aliphatic heterocycles. The zero-order valence-corrected chi connectivity index (χ0v) is 13.4. The van der Waals surface area contributed by atoms with Crippen LogP contribution in [-0.4, -0.2) is 25.0 Å².